The first-order valence-corrected chi connectivity index (χ1v) is 9.82. The van der Waals surface area contributed by atoms with Crippen molar-refractivity contribution >= 4 is 23.2 Å². The highest BCUT2D eigenvalue weighted by Gasteiger charge is 2.18. The number of piperazine rings is 1. The Bertz CT molecular complexity index is 759. The molecule has 0 saturated carbocycles. The highest BCUT2D eigenvalue weighted by molar-refractivity contribution is 6.33. The molecule has 1 saturated heterocycles. The number of hydrogen-bond acceptors (Lipinski definition) is 4. The smallest absolute Gasteiger partial charge is 0.248 e. The van der Waals surface area contributed by atoms with Crippen molar-refractivity contribution in [1.29, 1.82) is 0 Å². The van der Waals surface area contributed by atoms with Crippen molar-refractivity contribution in [3.63, 3.8) is 0 Å². The first kappa shape index (κ1) is 19.7. The standard InChI is InChI=1S/C21H27ClN4O/c22-19-7-1-2-8-20(19)26-13-11-25(12-14-26)10-4-9-24-16-17-5-3-6-18(15-17)21(23)27/h1-3,5-8,15,24H,4,9-14,16H2,(H2,23,27). The van der Waals surface area contributed by atoms with Crippen LogP contribution in [0.3, 0.4) is 0 Å². The third-order valence-electron chi connectivity index (χ3n) is 4.93. The van der Waals surface area contributed by atoms with Crippen LogP contribution in [0.5, 0.6) is 0 Å². The van der Waals surface area contributed by atoms with Crippen LogP contribution in [0.1, 0.15) is 22.3 Å². The van der Waals surface area contributed by atoms with Gasteiger partial charge >= 0.3 is 0 Å². The summed E-state index contributed by atoms with van der Waals surface area (Å²) in [6.45, 7) is 6.93. The van der Waals surface area contributed by atoms with E-state index in [-0.39, 0.29) is 5.91 Å². The van der Waals surface area contributed by atoms with Crippen molar-refractivity contribution in [1.82, 2.24) is 10.2 Å². The monoisotopic (exact) mass is 386 g/mol. The van der Waals surface area contributed by atoms with Crippen molar-refractivity contribution < 1.29 is 4.79 Å². The molecule has 1 heterocycles. The van der Waals surface area contributed by atoms with Gasteiger partial charge in [-0.25, -0.2) is 0 Å². The van der Waals surface area contributed by atoms with E-state index in [4.69, 9.17) is 17.3 Å². The second-order valence-corrected chi connectivity index (χ2v) is 7.28. The van der Waals surface area contributed by atoms with Crippen LogP contribution in [0.2, 0.25) is 5.02 Å². The Kier molecular flexibility index (Phi) is 7.10. The molecule has 27 heavy (non-hydrogen) atoms. The molecule has 6 heteroatoms. The van der Waals surface area contributed by atoms with Crippen molar-refractivity contribution in [3.05, 3.63) is 64.7 Å². The number of primary amides is 1. The summed E-state index contributed by atoms with van der Waals surface area (Å²) in [6, 6.07) is 15.5. The molecule has 0 bridgehead atoms. The number of benzene rings is 2. The molecule has 0 unspecified atom stereocenters. The summed E-state index contributed by atoms with van der Waals surface area (Å²) in [6.07, 6.45) is 1.10. The summed E-state index contributed by atoms with van der Waals surface area (Å²) in [7, 11) is 0. The van der Waals surface area contributed by atoms with Gasteiger partial charge in [-0.2, -0.15) is 0 Å². The van der Waals surface area contributed by atoms with Gasteiger partial charge in [-0.1, -0.05) is 35.9 Å². The van der Waals surface area contributed by atoms with Gasteiger partial charge in [0.05, 0.1) is 10.7 Å². The molecule has 1 fully saturated rings. The van der Waals surface area contributed by atoms with E-state index in [9.17, 15) is 4.79 Å². The van der Waals surface area contributed by atoms with E-state index in [0.717, 1.165) is 68.5 Å². The zero-order chi connectivity index (χ0) is 19.1. The Morgan fingerprint density at radius 3 is 2.59 bits per heavy atom. The number of carbonyl (C=O) groups excluding carboxylic acids is 1. The average Bonchev–Trinajstić information content (AvgIpc) is 2.69. The molecule has 3 N–H and O–H groups in total. The number of amides is 1. The van der Waals surface area contributed by atoms with Gasteiger partial charge in [-0.3, -0.25) is 9.69 Å². The van der Waals surface area contributed by atoms with Crippen LogP contribution in [-0.2, 0) is 6.54 Å². The van der Waals surface area contributed by atoms with Gasteiger partial charge in [0.1, 0.15) is 0 Å². The zero-order valence-corrected chi connectivity index (χ0v) is 16.3. The second-order valence-electron chi connectivity index (χ2n) is 6.88. The third-order valence-corrected chi connectivity index (χ3v) is 5.25. The summed E-state index contributed by atoms with van der Waals surface area (Å²) in [5.74, 6) is -0.382. The summed E-state index contributed by atoms with van der Waals surface area (Å²) in [4.78, 5) is 16.1. The minimum absolute atomic E-state index is 0.382. The number of para-hydroxylation sites is 1. The molecule has 1 aliphatic rings. The fraction of sp³-hybridized carbons (Fsp3) is 0.381. The quantitative estimate of drug-likeness (QED) is 0.685. The zero-order valence-electron chi connectivity index (χ0n) is 15.5. The van der Waals surface area contributed by atoms with Crippen molar-refractivity contribution in [2.45, 2.75) is 13.0 Å². The molecular weight excluding hydrogens is 360 g/mol. The number of nitrogens with two attached hydrogens (primary N) is 1. The van der Waals surface area contributed by atoms with E-state index in [1.54, 1.807) is 6.07 Å². The van der Waals surface area contributed by atoms with Crippen LogP contribution in [0.25, 0.3) is 0 Å². The highest BCUT2D eigenvalue weighted by Crippen LogP contribution is 2.25. The molecule has 5 nitrogen and oxygen atoms in total. The molecule has 0 aromatic heterocycles. The topological polar surface area (TPSA) is 61.6 Å². The number of carbonyl (C=O) groups is 1. The largest absolute Gasteiger partial charge is 0.368 e. The van der Waals surface area contributed by atoms with Crippen LogP contribution < -0.4 is 16.0 Å². The van der Waals surface area contributed by atoms with E-state index in [2.05, 4.69) is 21.2 Å². The molecule has 2 aromatic rings. The molecule has 0 radical (unpaired) electrons. The van der Waals surface area contributed by atoms with E-state index in [1.165, 1.54) is 0 Å². The number of nitrogens with zero attached hydrogens (tertiary/aromatic N) is 2. The number of nitrogens with one attached hydrogen (secondary N) is 1. The van der Waals surface area contributed by atoms with Crippen molar-refractivity contribution in [2.75, 3.05) is 44.2 Å². The third kappa shape index (κ3) is 5.70. The van der Waals surface area contributed by atoms with Gasteiger partial charge in [-0.05, 0) is 49.3 Å². The lowest BCUT2D eigenvalue weighted by molar-refractivity contribution is 0.1000. The predicted molar refractivity (Wildman–Crippen MR) is 111 cm³/mol. The Labute approximate surface area is 166 Å². The summed E-state index contributed by atoms with van der Waals surface area (Å²) in [5.41, 5.74) is 8.10. The van der Waals surface area contributed by atoms with Gasteiger partial charge < -0.3 is 16.0 Å². The van der Waals surface area contributed by atoms with E-state index in [0.29, 0.717) is 5.56 Å². The normalized spacial score (nSPS) is 15.1. The molecule has 3 rings (SSSR count). The van der Waals surface area contributed by atoms with Gasteiger partial charge in [0.25, 0.3) is 0 Å². The number of anilines is 1. The molecule has 0 atom stereocenters. The maximum atomic E-state index is 11.2. The van der Waals surface area contributed by atoms with E-state index >= 15 is 0 Å². The Hall–Kier alpha value is -2.08. The maximum Gasteiger partial charge on any atom is 0.248 e. The van der Waals surface area contributed by atoms with Gasteiger partial charge in [0, 0.05) is 38.3 Å². The lowest BCUT2D eigenvalue weighted by Crippen LogP contribution is -2.47. The van der Waals surface area contributed by atoms with Gasteiger partial charge in [0.15, 0.2) is 0 Å². The van der Waals surface area contributed by atoms with Crippen molar-refractivity contribution in [2.24, 2.45) is 5.73 Å². The molecule has 0 spiro atoms. The second kappa shape index (κ2) is 9.74. The summed E-state index contributed by atoms with van der Waals surface area (Å²) in [5, 5.41) is 4.27. The molecule has 1 amide bonds. The number of halogens is 1. The molecule has 144 valence electrons. The lowest BCUT2D eigenvalue weighted by atomic mass is 10.1. The van der Waals surface area contributed by atoms with Gasteiger partial charge in [-0.15, -0.1) is 0 Å². The van der Waals surface area contributed by atoms with Crippen LogP contribution in [0, 0.1) is 0 Å². The Balaban J connectivity index is 1.33. The van der Waals surface area contributed by atoms with Crippen LogP contribution in [0.15, 0.2) is 48.5 Å². The molecule has 2 aromatic carbocycles. The predicted octanol–water partition coefficient (Wildman–Crippen LogP) is 2.74. The maximum absolute atomic E-state index is 11.2. The molecule has 1 aliphatic heterocycles. The van der Waals surface area contributed by atoms with Crippen molar-refractivity contribution in [3.8, 4) is 0 Å². The van der Waals surface area contributed by atoms with E-state index < -0.39 is 0 Å². The first-order valence-electron chi connectivity index (χ1n) is 9.45. The Morgan fingerprint density at radius 2 is 1.85 bits per heavy atom. The Morgan fingerprint density at radius 1 is 1.07 bits per heavy atom. The number of rotatable bonds is 8. The SMILES string of the molecule is NC(=O)c1cccc(CNCCCN2CCN(c3ccccc3Cl)CC2)c1. The first-order chi connectivity index (χ1) is 13.1. The fourth-order valence-corrected chi connectivity index (χ4v) is 3.67. The summed E-state index contributed by atoms with van der Waals surface area (Å²) >= 11 is 6.30. The van der Waals surface area contributed by atoms with Crippen LogP contribution >= 0.6 is 11.6 Å². The minimum Gasteiger partial charge on any atom is -0.368 e. The van der Waals surface area contributed by atoms with Gasteiger partial charge in [0.2, 0.25) is 5.91 Å². The van der Waals surface area contributed by atoms with Crippen LogP contribution in [-0.4, -0.2) is 50.1 Å². The van der Waals surface area contributed by atoms with Crippen LogP contribution in [0.4, 0.5) is 5.69 Å². The fourth-order valence-electron chi connectivity index (χ4n) is 3.42. The average molecular weight is 387 g/mol. The highest BCUT2D eigenvalue weighted by atomic mass is 35.5. The molecular formula is C21H27ClN4O. The van der Waals surface area contributed by atoms with E-state index in [1.807, 2.05) is 36.4 Å². The summed E-state index contributed by atoms with van der Waals surface area (Å²) < 4.78 is 0. The number of hydrogen-bond donors (Lipinski definition) is 2. The minimum atomic E-state index is -0.382. The molecule has 0 aliphatic carbocycles. The lowest BCUT2D eigenvalue weighted by Gasteiger charge is -2.36.